The quantitative estimate of drug-likeness (QED) is 0.488. The maximum atomic E-state index is 4.19. The molecule has 0 saturated carbocycles. The van der Waals surface area contributed by atoms with Crippen molar-refractivity contribution in [3.05, 3.63) is 47.7 Å². The summed E-state index contributed by atoms with van der Waals surface area (Å²) < 4.78 is 3.50. The first-order valence-electron chi connectivity index (χ1n) is 6.82. The Morgan fingerprint density at radius 2 is 1.55 bits per heavy atom. The molecule has 4 rings (SSSR count). The van der Waals surface area contributed by atoms with Gasteiger partial charge in [0.05, 0.1) is 11.4 Å². The third-order valence-electron chi connectivity index (χ3n) is 3.21. The minimum atomic E-state index is 0.669. The molecule has 0 atom stereocenters. The average Bonchev–Trinajstić information content (AvgIpc) is 3.12. The lowest BCUT2D eigenvalue weighted by molar-refractivity contribution is 0.885. The monoisotopic (exact) mass is 296 g/mol. The van der Waals surface area contributed by atoms with Gasteiger partial charge < -0.3 is 0 Å². The number of aromatic nitrogens is 8. The van der Waals surface area contributed by atoms with E-state index in [-0.39, 0.29) is 0 Å². The van der Waals surface area contributed by atoms with Gasteiger partial charge in [0.1, 0.15) is 12.7 Å². The smallest absolute Gasteiger partial charge is 0.252 e. The van der Waals surface area contributed by atoms with Crippen LogP contribution in [0.5, 0.6) is 0 Å². The molecule has 8 nitrogen and oxygen atoms in total. The van der Waals surface area contributed by atoms with Gasteiger partial charge in [-0.25, -0.2) is 19.0 Å². The zero-order chi connectivity index (χ0) is 15.7. The molecular weight excluding hydrogens is 280 g/mol. The fourth-order valence-electron chi connectivity index (χ4n) is 2.16. The number of hydrogen-bond donors (Lipinski definition) is 0. The highest BCUT2D eigenvalue weighted by molar-refractivity contribution is 5.41. The maximum absolute atomic E-state index is 4.19. The molecule has 0 aliphatic carbocycles. The van der Waals surface area contributed by atoms with Gasteiger partial charge in [0.25, 0.3) is 5.78 Å². The number of aryl methyl sites for hydroxylation is 4. The van der Waals surface area contributed by atoms with E-state index in [1.54, 1.807) is 15.2 Å². The van der Waals surface area contributed by atoms with Crippen molar-refractivity contribution in [3.63, 3.8) is 0 Å². The molecule has 0 aliphatic heterocycles. The van der Waals surface area contributed by atoms with Gasteiger partial charge in [0.2, 0.25) is 0 Å². The molecule has 0 spiro atoms. The Morgan fingerprint density at radius 1 is 0.818 bits per heavy atom. The van der Waals surface area contributed by atoms with Gasteiger partial charge in [-0.3, -0.25) is 4.98 Å². The van der Waals surface area contributed by atoms with Crippen LogP contribution in [-0.2, 0) is 0 Å². The molecule has 22 heavy (non-hydrogen) atoms. The van der Waals surface area contributed by atoms with Crippen LogP contribution >= 0.6 is 0 Å². The summed E-state index contributed by atoms with van der Waals surface area (Å²) in [6.45, 7) is 7.80. The van der Waals surface area contributed by atoms with Gasteiger partial charge in [-0.15, -0.1) is 0 Å². The second kappa shape index (κ2) is 5.47. The molecule has 0 aliphatic rings. The Labute approximate surface area is 126 Å². The van der Waals surface area contributed by atoms with E-state index in [0.717, 1.165) is 28.4 Å². The van der Waals surface area contributed by atoms with Crippen molar-refractivity contribution in [3.8, 4) is 0 Å². The first-order valence-corrected chi connectivity index (χ1v) is 6.82. The van der Waals surface area contributed by atoms with Crippen molar-refractivity contribution < 1.29 is 0 Å². The molecule has 0 radical (unpaired) electrons. The highest BCUT2D eigenvalue weighted by Crippen LogP contribution is 2.04. The summed E-state index contributed by atoms with van der Waals surface area (Å²) in [6, 6.07) is 1.97. The van der Waals surface area contributed by atoms with Crippen LogP contribution in [0, 0.1) is 27.7 Å². The van der Waals surface area contributed by atoms with Crippen molar-refractivity contribution in [1.29, 1.82) is 0 Å². The van der Waals surface area contributed by atoms with E-state index >= 15 is 0 Å². The van der Waals surface area contributed by atoms with Crippen molar-refractivity contribution in [2.75, 3.05) is 0 Å². The summed E-state index contributed by atoms with van der Waals surface area (Å²) in [6.07, 6.45) is 4.84. The standard InChI is InChI=1S/2C7H8N4/c1-5-3-8-6(2)7-9-4-10-11(5)7;1-5-3-6(2)11-7(10-5)8-4-9-11/h2*3-4H,1-2H3. The van der Waals surface area contributed by atoms with Gasteiger partial charge in [-0.05, 0) is 33.8 Å². The Hall–Kier alpha value is -2.90. The predicted octanol–water partition coefficient (Wildman–Crippen LogP) is 1.48. The van der Waals surface area contributed by atoms with Crippen LogP contribution in [0.4, 0.5) is 0 Å². The first kappa shape index (κ1) is 14.1. The molecule has 0 amide bonds. The van der Waals surface area contributed by atoms with Gasteiger partial charge in [-0.1, -0.05) is 0 Å². The SMILES string of the molecule is Cc1cc(C)n2ncnc2n1.Cc1ncc(C)n2ncnc12. The molecule has 0 N–H and O–H groups in total. The third kappa shape index (κ3) is 2.50. The van der Waals surface area contributed by atoms with E-state index < -0.39 is 0 Å². The Bertz CT molecular complexity index is 900. The molecule has 4 aromatic rings. The summed E-state index contributed by atoms with van der Waals surface area (Å²) in [5.74, 6) is 0.669. The lowest BCUT2D eigenvalue weighted by Gasteiger charge is -1.97. The van der Waals surface area contributed by atoms with E-state index in [2.05, 4.69) is 30.1 Å². The minimum Gasteiger partial charge on any atom is -0.256 e. The number of hydrogen-bond acceptors (Lipinski definition) is 6. The summed E-state index contributed by atoms with van der Waals surface area (Å²) in [5.41, 5.74) is 4.79. The summed E-state index contributed by atoms with van der Waals surface area (Å²) in [4.78, 5) is 16.4. The second-order valence-electron chi connectivity index (χ2n) is 4.99. The van der Waals surface area contributed by atoms with E-state index in [1.165, 1.54) is 12.7 Å². The van der Waals surface area contributed by atoms with E-state index in [0.29, 0.717) is 5.78 Å². The molecule has 0 unspecified atom stereocenters. The number of fused-ring (bicyclic) bond motifs is 2. The van der Waals surface area contributed by atoms with Crippen LogP contribution in [0.3, 0.4) is 0 Å². The second-order valence-corrected chi connectivity index (χ2v) is 4.99. The Morgan fingerprint density at radius 3 is 2.32 bits per heavy atom. The molecule has 4 heterocycles. The Balaban J connectivity index is 0.000000131. The van der Waals surface area contributed by atoms with Gasteiger partial charge in [0, 0.05) is 17.6 Å². The largest absolute Gasteiger partial charge is 0.256 e. The molecule has 0 fully saturated rings. The highest BCUT2D eigenvalue weighted by Gasteiger charge is 2.01. The average molecular weight is 296 g/mol. The van der Waals surface area contributed by atoms with Crippen LogP contribution < -0.4 is 0 Å². The molecule has 0 aromatic carbocycles. The highest BCUT2D eigenvalue weighted by atomic mass is 15.3. The Kier molecular flexibility index (Phi) is 3.50. The van der Waals surface area contributed by atoms with Crippen LogP contribution in [0.1, 0.15) is 22.8 Å². The third-order valence-corrected chi connectivity index (χ3v) is 3.21. The van der Waals surface area contributed by atoms with E-state index in [9.17, 15) is 0 Å². The number of nitrogens with zero attached hydrogens (tertiary/aromatic N) is 8. The first-order chi connectivity index (χ1) is 10.6. The minimum absolute atomic E-state index is 0.669. The fourth-order valence-corrected chi connectivity index (χ4v) is 2.16. The normalized spacial score (nSPS) is 10.7. The van der Waals surface area contributed by atoms with Gasteiger partial charge in [0.15, 0.2) is 5.65 Å². The molecule has 0 saturated heterocycles. The van der Waals surface area contributed by atoms with E-state index in [4.69, 9.17) is 0 Å². The lowest BCUT2D eigenvalue weighted by Crippen LogP contribution is -1.97. The molecule has 0 bridgehead atoms. The molecule has 4 aromatic heterocycles. The summed E-state index contributed by atoms with van der Waals surface area (Å²) in [7, 11) is 0. The summed E-state index contributed by atoms with van der Waals surface area (Å²) in [5, 5.41) is 8.05. The zero-order valence-corrected chi connectivity index (χ0v) is 12.9. The van der Waals surface area contributed by atoms with Crippen LogP contribution in [0.25, 0.3) is 11.4 Å². The van der Waals surface area contributed by atoms with Crippen LogP contribution in [-0.4, -0.2) is 39.2 Å². The molecule has 112 valence electrons. The predicted molar refractivity (Wildman–Crippen MR) is 80.5 cm³/mol. The van der Waals surface area contributed by atoms with E-state index in [1.807, 2.05) is 33.8 Å². The van der Waals surface area contributed by atoms with Crippen LogP contribution in [0.15, 0.2) is 24.9 Å². The van der Waals surface area contributed by atoms with Crippen LogP contribution in [0.2, 0.25) is 0 Å². The lowest BCUT2D eigenvalue weighted by atomic mass is 10.4. The maximum Gasteiger partial charge on any atom is 0.252 e. The van der Waals surface area contributed by atoms with Crippen molar-refractivity contribution >= 4 is 11.4 Å². The van der Waals surface area contributed by atoms with Crippen molar-refractivity contribution in [2.24, 2.45) is 0 Å². The zero-order valence-electron chi connectivity index (χ0n) is 12.9. The fraction of sp³-hybridized carbons (Fsp3) is 0.286. The number of rotatable bonds is 0. The van der Waals surface area contributed by atoms with Gasteiger partial charge in [-0.2, -0.15) is 15.2 Å². The molecular formula is C14H16N8. The van der Waals surface area contributed by atoms with Crippen molar-refractivity contribution in [2.45, 2.75) is 27.7 Å². The van der Waals surface area contributed by atoms with Gasteiger partial charge >= 0.3 is 0 Å². The molecule has 8 heteroatoms. The summed E-state index contributed by atoms with van der Waals surface area (Å²) >= 11 is 0. The topological polar surface area (TPSA) is 86.2 Å². The van der Waals surface area contributed by atoms with Crippen molar-refractivity contribution in [1.82, 2.24) is 39.2 Å².